The predicted octanol–water partition coefficient (Wildman–Crippen LogP) is 3.28. The van der Waals surface area contributed by atoms with Crippen LogP contribution in [0.4, 0.5) is 5.69 Å². The number of nitrogens with one attached hydrogen (secondary N) is 2. The highest BCUT2D eigenvalue weighted by molar-refractivity contribution is 6.09. The largest absolute Gasteiger partial charge is 0.351 e. The van der Waals surface area contributed by atoms with Crippen LogP contribution in [-0.4, -0.2) is 11.8 Å². The molecule has 4 heteroatoms. The van der Waals surface area contributed by atoms with Crippen molar-refractivity contribution < 1.29 is 9.59 Å². The monoisotopic (exact) mass is 310 g/mol. The summed E-state index contributed by atoms with van der Waals surface area (Å²) in [5.41, 5.74) is 1.64. The average Bonchev–Trinajstić information content (AvgIpc) is 2.55. The number of hydrogen-bond acceptors (Lipinski definition) is 2. The van der Waals surface area contributed by atoms with E-state index in [1.165, 1.54) is 0 Å². The molecule has 0 bridgehead atoms. The molecule has 0 heterocycles. The third-order valence-electron chi connectivity index (χ3n) is 3.74. The van der Waals surface area contributed by atoms with Crippen molar-refractivity contribution in [3.63, 3.8) is 0 Å². The van der Waals surface area contributed by atoms with E-state index in [0.717, 1.165) is 11.1 Å². The van der Waals surface area contributed by atoms with Gasteiger partial charge in [0, 0.05) is 12.2 Å². The van der Waals surface area contributed by atoms with Crippen LogP contribution in [0, 0.1) is 12.3 Å². The predicted molar refractivity (Wildman–Crippen MR) is 91.9 cm³/mol. The minimum atomic E-state index is -1.15. The van der Waals surface area contributed by atoms with E-state index in [1.807, 2.05) is 61.5 Å². The third-order valence-corrected chi connectivity index (χ3v) is 3.74. The molecule has 0 radical (unpaired) electrons. The molecule has 0 unspecified atom stereocenters. The molecule has 0 aliphatic rings. The van der Waals surface area contributed by atoms with Gasteiger partial charge in [0.05, 0.1) is 0 Å². The van der Waals surface area contributed by atoms with Crippen molar-refractivity contribution in [2.24, 2.45) is 5.41 Å². The van der Waals surface area contributed by atoms with Crippen molar-refractivity contribution in [2.45, 2.75) is 27.3 Å². The van der Waals surface area contributed by atoms with Crippen LogP contribution in [0.2, 0.25) is 0 Å². The van der Waals surface area contributed by atoms with Gasteiger partial charge in [-0.05, 0) is 38.5 Å². The molecule has 120 valence electrons. The van der Waals surface area contributed by atoms with E-state index in [0.29, 0.717) is 12.2 Å². The molecule has 2 aromatic carbocycles. The topological polar surface area (TPSA) is 58.2 Å². The van der Waals surface area contributed by atoms with Crippen molar-refractivity contribution in [1.29, 1.82) is 0 Å². The molecule has 0 atom stereocenters. The Morgan fingerprint density at radius 1 is 0.913 bits per heavy atom. The van der Waals surface area contributed by atoms with Crippen LogP contribution in [0.3, 0.4) is 0 Å². The lowest BCUT2D eigenvalue weighted by Crippen LogP contribution is -2.44. The van der Waals surface area contributed by atoms with Crippen molar-refractivity contribution in [3.8, 4) is 0 Å². The first-order chi connectivity index (χ1) is 10.9. The Morgan fingerprint density at radius 3 is 2.13 bits per heavy atom. The number of amides is 2. The van der Waals surface area contributed by atoms with Crippen molar-refractivity contribution >= 4 is 17.5 Å². The second kappa shape index (κ2) is 7.09. The fourth-order valence-corrected chi connectivity index (χ4v) is 2.03. The van der Waals surface area contributed by atoms with Gasteiger partial charge in [0.15, 0.2) is 0 Å². The maximum absolute atomic E-state index is 12.4. The number of anilines is 1. The first-order valence-corrected chi connectivity index (χ1v) is 7.60. The number of hydrogen-bond donors (Lipinski definition) is 2. The van der Waals surface area contributed by atoms with Gasteiger partial charge < -0.3 is 10.6 Å². The van der Waals surface area contributed by atoms with Crippen molar-refractivity contribution in [3.05, 3.63) is 65.7 Å². The lowest BCUT2D eigenvalue weighted by atomic mass is 9.90. The Kier molecular flexibility index (Phi) is 5.16. The number of benzene rings is 2. The van der Waals surface area contributed by atoms with Gasteiger partial charge in [-0.25, -0.2) is 0 Å². The Labute approximate surface area is 136 Å². The van der Waals surface area contributed by atoms with Crippen LogP contribution >= 0.6 is 0 Å². The van der Waals surface area contributed by atoms with Crippen LogP contribution in [0.25, 0.3) is 0 Å². The zero-order chi connectivity index (χ0) is 16.9. The quantitative estimate of drug-likeness (QED) is 0.833. The molecule has 0 fully saturated rings. The molecule has 0 aliphatic carbocycles. The minimum Gasteiger partial charge on any atom is -0.351 e. The fraction of sp³-hybridized carbons (Fsp3) is 0.263. The molecular formula is C19H22N2O2. The zero-order valence-corrected chi connectivity index (χ0v) is 13.7. The Bertz CT molecular complexity index is 676. The highest BCUT2D eigenvalue weighted by Crippen LogP contribution is 2.19. The lowest BCUT2D eigenvalue weighted by Gasteiger charge is -2.22. The smallest absolute Gasteiger partial charge is 0.239 e. The summed E-state index contributed by atoms with van der Waals surface area (Å²) >= 11 is 0. The second-order valence-electron chi connectivity index (χ2n) is 6.11. The SMILES string of the molecule is Cc1ccc(NC(=O)C(C)(C)C(=O)NCc2ccccc2)cc1. The molecular weight excluding hydrogens is 288 g/mol. The summed E-state index contributed by atoms with van der Waals surface area (Å²) in [6.07, 6.45) is 0. The number of rotatable bonds is 5. The normalized spacial score (nSPS) is 10.9. The van der Waals surface area contributed by atoms with Gasteiger partial charge >= 0.3 is 0 Å². The molecule has 23 heavy (non-hydrogen) atoms. The van der Waals surface area contributed by atoms with E-state index in [2.05, 4.69) is 10.6 Å². The van der Waals surface area contributed by atoms with Gasteiger partial charge in [-0.15, -0.1) is 0 Å². The van der Waals surface area contributed by atoms with Gasteiger partial charge in [0.2, 0.25) is 11.8 Å². The highest BCUT2D eigenvalue weighted by atomic mass is 16.2. The zero-order valence-electron chi connectivity index (χ0n) is 13.7. The molecule has 2 aromatic rings. The summed E-state index contributed by atoms with van der Waals surface area (Å²) in [5, 5.41) is 5.60. The summed E-state index contributed by atoms with van der Waals surface area (Å²) in [4.78, 5) is 24.8. The van der Waals surface area contributed by atoms with Crippen LogP contribution < -0.4 is 10.6 Å². The number of carbonyl (C=O) groups excluding carboxylic acids is 2. The van der Waals surface area contributed by atoms with E-state index >= 15 is 0 Å². The van der Waals surface area contributed by atoms with Gasteiger partial charge in [0.1, 0.15) is 5.41 Å². The van der Waals surface area contributed by atoms with Gasteiger partial charge in [-0.3, -0.25) is 9.59 Å². The Balaban J connectivity index is 1.97. The Hall–Kier alpha value is -2.62. The third kappa shape index (κ3) is 4.42. The van der Waals surface area contributed by atoms with E-state index in [9.17, 15) is 9.59 Å². The van der Waals surface area contributed by atoms with Crippen LogP contribution in [0.5, 0.6) is 0 Å². The van der Waals surface area contributed by atoms with Crippen LogP contribution in [0.1, 0.15) is 25.0 Å². The summed E-state index contributed by atoms with van der Waals surface area (Å²) < 4.78 is 0. The van der Waals surface area contributed by atoms with Crippen LogP contribution in [0.15, 0.2) is 54.6 Å². The summed E-state index contributed by atoms with van der Waals surface area (Å²) in [6, 6.07) is 17.1. The van der Waals surface area contributed by atoms with Gasteiger partial charge in [-0.1, -0.05) is 48.0 Å². The van der Waals surface area contributed by atoms with Gasteiger partial charge in [-0.2, -0.15) is 0 Å². The molecule has 4 nitrogen and oxygen atoms in total. The molecule has 0 aromatic heterocycles. The molecule has 0 aliphatic heterocycles. The maximum atomic E-state index is 12.4. The average molecular weight is 310 g/mol. The summed E-state index contributed by atoms with van der Waals surface area (Å²) in [6.45, 7) is 5.63. The van der Waals surface area contributed by atoms with E-state index < -0.39 is 5.41 Å². The van der Waals surface area contributed by atoms with Gasteiger partial charge in [0.25, 0.3) is 0 Å². The van der Waals surface area contributed by atoms with Crippen LogP contribution in [-0.2, 0) is 16.1 Å². The molecule has 2 amide bonds. The summed E-state index contributed by atoms with van der Waals surface area (Å²) in [7, 11) is 0. The summed E-state index contributed by atoms with van der Waals surface area (Å²) in [5.74, 6) is -0.627. The molecule has 0 spiro atoms. The molecule has 0 saturated heterocycles. The second-order valence-corrected chi connectivity index (χ2v) is 6.11. The first-order valence-electron chi connectivity index (χ1n) is 7.60. The molecule has 0 saturated carbocycles. The number of aryl methyl sites for hydroxylation is 1. The standard InChI is InChI=1S/C19H22N2O2/c1-14-9-11-16(12-10-14)21-18(23)19(2,3)17(22)20-13-15-7-5-4-6-8-15/h4-12H,13H2,1-3H3,(H,20,22)(H,21,23). The lowest BCUT2D eigenvalue weighted by molar-refractivity contribution is -0.138. The van der Waals surface area contributed by atoms with E-state index in [-0.39, 0.29) is 11.8 Å². The minimum absolute atomic E-state index is 0.300. The van der Waals surface area contributed by atoms with Crippen molar-refractivity contribution in [1.82, 2.24) is 5.32 Å². The first kappa shape index (κ1) is 16.7. The van der Waals surface area contributed by atoms with Crippen molar-refractivity contribution in [2.75, 3.05) is 5.32 Å². The van der Waals surface area contributed by atoms with E-state index in [1.54, 1.807) is 13.8 Å². The Morgan fingerprint density at radius 2 is 1.52 bits per heavy atom. The molecule has 2 N–H and O–H groups in total. The fourth-order valence-electron chi connectivity index (χ4n) is 2.03. The van der Waals surface area contributed by atoms with E-state index in [4.69, 9.17) is 0 Å². The maximum Gasteiger partial charge on any atom is 0.239 e. The highest BCUT2D eigenvalue weighted by Gasteiger charge is 2.35. The molecule has 2 rings (SSSR count). The number of carbonyl (C=O) groups is 2.